The van der Waals surface area contributed by atoms with E-state index in [4.69, 9.17) is 0 Å². The zero-order chi connectivity index (χ0) is 18.5. The van der Waals surface area contributed by atoms with Crippen LogP contribution >= 0.6 is 0 Å². The van der Waals surface area contributed by atoms with Crippen LogP contribution in [0.15, 0.2) is 36.7 Å². The number of nitrogens with zero attached hydrogens (tertiary/aromatic N) is 5. The Hall–Kier alpha value is -3.03. The molecule has 2 bridgehead atoms. The van der Waals surface area contributed by atoms with Crippen LogP contribution in [0.1, 0.15) is 52.4 Å². The van der Waals surface area contributed by atoms with Crippen LogP contribution in [0.3, 0.4) is 0 Å². The van der Waals surface area contributed by atoms with Gasteiger partial charge in [-0.15, -0.1) is 0 Å². The Kier molecular flexibility index (Phi) is 3.60. The average Bonchev–Trinajstić information content (AvgIpc) is 3.36. The molecule has 2 saturated heterocycles. The third kappa shape index (κ3) is 2.47. The summed E-state index contributed by atoms with van der Waals surface area (Å²) in [6.45, 7) is -0.190. The fraction of sp³-hybridized carbons (Fsp3) is 0.421. The molecule has 0 saturated carbocycles. The van der Waals surface area contributed by atoms with Crippen molar-refractivity contribution in [2.24, 2.45) is 0 Å². The van der Waals surface area contributed by atoms with Crippen molar-refractivity contribution < 1.29 is 14.4 Å². The zero-order valence-corrected chi connectivity index (χ0v) is 14.7. The average molecular weight is 365 g/mol. The number of rotatable bonds is 3. The van der Waals surface area contributed by atoms with E-state index in [-0.39, 0.29) is 42.4 Å². The van der Waals surface area contributed by atoms with Gasteiger partial charge in [-0.05, 0) is 37.8 Å². The number of hydrogen-bond donors (Lipinski definition) is 0. The fourth-order valence-electron chi connectivity index (χ4n) is 4.76. The molecule has 2 fully saturated rings. The van der Waals surface area contributed by atoms with E-state index in [1.165, 1.54) is 0 Å². The SMILES string of the molecule is O=C1c2ccccc2C(=O)N1CC(=O)N1C2CCC1CC(n1nccn1)C2. The molecule has 1 aromatic carbocycles. The Bertz CT molecular complexity index is 876. The summed E-state index contributed by atoms with van der Waals surface area (Å²) in [6, 6.07) is 7.14. The lowest BCUT2D eigenvalue weighted by Crippen LogP contribution is -2.51. The lowest BCUT2D eigenvalue weighted by Gasteiger charge is -2.39. The Balaban J connectivity index is 1.32. The summed E-state index contributed by atoms with van der Waals surface area (Å²) in [7, 11) is 0. The Morgan fingerprint density at radius 3 is 2.04 bits per heavy atom. The van der Waals surface area contributed by atoms with Crippen molar-refractivity contribution in [1.82, 2.24) is 24.8 Å². The zero-order valence-electron chi connectivity index (χ0n) is 14.7. The summed E-state index contributed by atoms with van der Waals surface area (Å²) in [4.78, 5) is 42.7. The van der Waals surface area contributed by atoms with Crippen LogP contribution in [-0.4, -0.2) is 61.1 Å². The molecule has 2 aromatic rings. The molecule has 8 nitrogen and oxygen atoms in total. The fourth-order valence-corrected chi connectivity index (χ4v) is 4.76. The molecule has 138 valence electrons. The molecule has 2 unspecified atom stereocenters. The predicted octanol–water partition coefficient (Wildman–Crippen LogP) is 1.27. The number of imide groups is 1. The molecule has 0 N–H and O–H groups in total. The normalized spacial score (nSPS) is 26.6. The van der Waals surface area contributed by atoms with Crippen molar-refractivity contribution in [3.05, 3.63) is 47.8 Å². The molecule has 0 aliphatic carbocycles. The first kappa shape index (κ1) is 16.2. The minimum atomic E-state index is -0.382. The Labute approximate surface area is 155 Å². The number of fused-ring (bicyclic) bond motifs is 3. The van der Waals surface area contributed by atoms with Gasteiger partial charge in [0, 0.05) is 12.1 Å². The van der Waals surface area contributed by atoms with Gasteiger partial charge in [0.15, 0.2) is 0 Å². The summed E-state index contributed by atoms with van der Waals surface area (Å²) >= 11 is 0. The summed E-state index contributed by atoms with van der Waals surface area (Å²) in [5.41, 5.74) is 0.753. The molecule has 1 aromatic heterocycles. The van der Waals surface area contributed by atoms with Gasteiger partial charge in [0.05, 0.1) is 29.6 Å². The van der Waals surface area contributed by atoms with E-state index < -0.39 is 0 Å². The van der Waals surface area contributed by atoms with Gasteiger partial charge in [-0.25, -0.2) is 0 Å². The molecule has 27 heavy (non-hydrogen) atoms. The summed E-state index contributed by atoms with van der Waals surface area (Å²) in [5, 5.41) is 8.47. The summed E-state index contributed by atoms with van der Waals surface area (Å²) < 4.78 is 0. The second-order valence-electron chi connectivity index (χ2n) is 7.40. The minimum Gasteiger partial charge on any atom is -0.335 e. The molecule has 2 atom stereocenters. The van der Waals surface area contributed by atoms with Crippen LogP contribution in [-0.2, 0) is 4.79 Å². The first-order chi connectivity index (χ1) is 13.1. The van der Waals surface area contributed by atoms with E-state index in [0.29, 0.717) is 11.1 Å². The van der Waals surface area contributed by atoms with Crippen molar-refractivity contribution in [2.75, 3.05) is 6.54 Å². The van der Waals surface area contributed by atoms with Crippen LogP contribution in [0.5, 0.6) is 0 Å². The quantitative estimate of drug-likeness (QED) is 0.765. The van der Waals surface area contributed by atoms with Crippen molar-refractivity contribution in [1.29, 1.82) is 0 Å². The second-order valence-corrected chi connectivity index (χ2v) is 7.40. The van der Waals surface area contributed by atoms with Crippen molar-refractivity contribution in [3.8, 4) is 0 Å². The van der Waals surface area contributed by atoms with Gasteiger partial charge in [-0.3, -0.25) is 19.3 Å². The largest absolute Gasteiger partial charge is 0.335 e. The number of piperidine rings is 1. The van der Waals surface area contributed by atoms with Gasteiger partial charge in [0.2, 0.25) is 5.91 Å². The van der Waals surface area contributed by atoms with Gasteiger partial charge in [0.25, 0.3) is 11.8 Å². The third-order valence-corrected chi connectivity index (χ3v) is 5.93. The maximum absolute atomic E-state index is 13.0. The molecule has 3 amide bonds. The van der Waals surface area contributed by atoms with Gasteiger partial charge in [-0.2, -0.15) is 15.0 Å². The van der Waals surface area contributed by atoms with Crippen molar-refractivity contribution in [3.63, 3.8) is 0 Å². The minimum absolute atomic E-state index is 0.113. The lowest BCUT2D eigenvalue weighted by atomic mass is 9.97. The monoisotopic (exact) mass is 365 g/mol. The highest BCUT2D eigenvalue weighted by molar-refractivity contribution is 6.22. The van der Waals surface area contributed by atoms with E-state index in [1.54, 1.807) is 41.5 Å². The number of aromatic nitrogens is 3. The van der Waals surface area contributed by atoms with Crippen LogP contribution in [0.2, 0.25) is 0 Å². The Morgan fingerprint density at radius 2 is 1.48 bits per heavy atom. The van der Waals surface area contributed by atoms with E-state index in [1.807, 2.05) is 4.90 Å². The summed E-state index contributed by atoms with van der Waals surface area (Å²) in [6.07, 6.45) is 6.83. The standard InChI is InChI=1S/C19H19N5O3/c25-17(11-22-18(26)15-3-1-2-4-16(15)19(22)27)23-12-5-6-13(23)10-14(9-12)24-20-7-8-21-24/h1-4,7-8,12-14H,5-6,9-11H2. The molecule has 8 heteroatoms. The molecule has 5 rings (SSSR count). The third-order valence-electron chi connectivity index (χ3n) is 5.93. The maximum Gasteiger partial charge on any atom is 0.262 e. The van der Waals surface area contributed by atoms with Crippen molar-refractivity contribution in [2.45, 2.75) is 43.8 Å². The van der Waals surface area contributed by atoms with Crippen LogP contribution in [0.25, 0.3) is 0 Å². The predicted molar refractivity (Wildman–Crippen MR) is 93.8 cm³/mol. The molecular formula is C19H19N5O3. The van der Waals surface area contributed by atoms with Crippen LogP contribution in [0.4, 0.5) is 0 Å². The number of benzene rings is 1. The highest BCUT2D eigenvalue weighted by Gasteiger charge is 2.46. The van der Waals surface area contributed by atoms with Gasteiger partial charge < -0.3 is 4.90 Å². The van der Waals surface area contributed by atoms with E-state index in [9.17, 15) is 14.4 Å². The molecule has 3 aliphatic heterocycles. The molecular weight excluding hydrogens is 346 g/mol. The molecule has 0 spiro atoms. The molecule has 3 aliphatic rings. The number of hydrogen-bond acceptors (Lipinski definition) is 5. The first-order valence-electron chi connectivity index (χ1n) is 9.25. The van der Waals surface area contributed by atoms with E-state index in [2.05, 4.69) is 10.2 Å². The smallest absolute Gasteiger partial charge is 0.262 e. The van der Waals surface area contributed by atoms with Crippen LogP contribution in [0, 0.1) is 0 Å². The highest BCUT2D eigenvalue weighted by Crippen LogP contribution is 2.40. The van der Waals surface area contributed by atoms with E-state index >= 15 is 0 Å². The Morgan fingerprint density at radius 1 is 0.926 bits per heavy atom. The van der Waals surface area contributed by atoms with E-state index in [0.717, 1.165) is 30.6 Å². The number of amides is 3. The second kappa shape index (κ2) is 6.00. The van der Waals surface area contributed by atoms with Gasteiger partial charge in [-0.1, -0.05) is 12.1 Å². The van der Waals surface area contributed by atoms with Crippen molar-refractivity contribution >= 4 is 17.7 Å². The van der Waals surface area contributed by atoms with Gasteiger partial charge >= 0.3 is 0 Å². The number of carbonyl (C=O) groups excluding carboxylic acids is 3. The lowest BCUT2D eigenvalue weighted by molar-refractivity contribution is -0.136. The van der Waals surface area contributed by atoms with Crippen LogP contribution < -0.4 is 0 Å². The first-order valence-corrected chi connectivity index (χ1v) is 9.25. The molecule has 0 radical (unpaired) electrons. The van der Waals surface area contributed by atoms with Gasteiger partial charge in [0.1, 0.15) is 6.54 Å². The number of carbonyl (C=O) groups is 3. The maximum atomic E-state index is 13.0. The highest BCUT2D eigenvalue weighted by atomic mass is 16.2. The topological polar surface area (TPSA) is 88.4 Å². The molecule has 4 heterocycles. The summed E-state index contributed by atoms with van der Waals surface area (Å²) in [5.74, 6) is -0.914.